The fourth-order valence-electron chi connectivity index (χ4n) is 10.8. The van der Waals surface area contributed by atoms with E-state index in [1.165, 1.54) is 38.5 Å². The highest BCUT2D eigenvalue weighted by molar-refractivity contribution is 7.47. The van der Waals surface area contributed by atoms with E-state index in [4.69, 9.17) is 37.0 Å². The molecule has 598 valence electrons. The number of unbranched alkanes of at least 4 members (excludes halogenated alkanes) is 30. The normalized spacial score (nSPS) is 14.5. The molecule has 0 amide bonds. The van der Waals surface area contributed by atoms with Crippen molar-refractivity contribution in [3.05, 3.63) is 122 Å². The molecule has 0 rings (SSSR count). The zero-order valence-corrected chi connectivity index (χ0v) is 67.2. The molecule has 0 aliphatic rings. The van der Waals surface area contributed by atoms with Gasteiger partial charge in [-0.2, -0.15) is 0 Å². The van der Waals surface area contributed by atoms with Gasteiger partial charge in [0, 0.05) is 25.7 Å². The summed E-state index contributed by atoms with van der Waals surface area (Å²) in [6.45, 7) is 4.53. The van der Waals surface area contributed by atoms with Crippen LogP contribution in [0.5, 0.6) is 0 Å². The number of aliphatic hydroxyl groups is 1. The Labute approximate surface area is 632 Å². The molecule has 17 nitrogen and oxygen atoms in total. The molecule has 0 saturated heterocycles. The second-order valence-electron chi connectivity index (χ2n) is 26.9. The summed E-state index contributed by atoms with van der Waals surface area (Å²) in [4.78, 5) is 73.1. The van der Waals surface area contributed by atoms with E-state index in [1.807, 2.05) is 0 Å². The molecule has 0 heterocycles. The molecule has 0 saturated carbocycles. The lowest BCUT2D eigenvalue weighted by Gasteiger charge is -2.21. The molecule has 0 aliphatic carbocycles. The average molecular weight is 1500 g/mol. The Balaban J connectivity index is 5.34. The van der Waals surface area contributed by atoms with Gasteiger partial charge in [0.1, 0.15) is 19.3 Å². The third-order valence-corrected chi connectivity index (χ3v) is 18.8. The van der Waals surface area contributed by atoms with Gasteiger partial charge in [-0.05, 0) is 128 Å². The average Bonchev–Trinajstić information content (AvgIpc) is 0.931. The van der Waals surface area contributed by atoms with E-state index in [0.717, 1.165) is 218 Å². The summed E-state index contributed by atoms with van der Waals surface area (Å²) < 4.78 is 68.7. The highest BCUT2D eigenvalue weighted by Gasteiger charge is 2.30. The van der Waals surface area contributed by atoms with E-state index in [0.29, 0.717) is 25.7 Å². The van der Waals surface area contributed by atoms with Crippen molar-refractivity contribution in [2.45, 2.75) is 354 Å². The number of carbonyl (C=O) groups is 4. The predicted molar refractivity (Wildman–Crippen MR) is 427 cm³/mol. The molecule has 3 N–H and O–H groups in total. The van der Waals surface area contributed by atoms with Gasteiger partial charge in [-0.1, -0.05) is 303 Å². The van der Waals surface area contributed by atoms with Gasteiger partial charge < -0.3 is 33.8 Å². The minimum absolute atomic E-state index is 0.0802. The van der Waals surface area contributed by atoms with Crippen LogP contribution in [0.2, 0.25) is 0 Å². The lowest BCUT2D eigenvalue weighted by atomic mass is 10.1. The molecule has 0 radical (unpaired) electrons. The Morgan fingerprint density at radius 2 is 0.500 bits per heavy atom. The van der Waals surface area contributed by atoms with Crippen LogP contribution in [0.4, 0.5) is 0 Å². The first-order valence-corrected chi connectivity index (χ1v) is 43.8. The molecule has 0 bridgehead atoms. The van der Waals surface area contributed by atoms with Crippen LogP contribution in [0.25, 0.3) is 0 Å². The van der Waals surface area contributed by atoms with Crippen molar-refractivity contribution in [2.75, 3.05) is 39.6 Å². The first-order valence-electron chi connectivity index (χ1n) is 40.8. The number of rotatable bonds is 76. The quantitative estimate of drug-likeness (QED) is 0.0169. The first kappa shape index (κ1) is 99.5. The third-order valence-electron chi connectivity index (χ3n) is 16.9. The van der Waals surface area contributed by atoms with Gasteiger partial charge in [-0.25, -0.2) is 9.13 Å². The van der Waals surface area contributed by atoms with Crippen molar-refractivity contribution < 1.29 is 80.2 Å². The molecule has 19 heteroatoms. The molecule has 104 heavy (non-hydrogen) atoms. The summed E-state index contributed by atoms with van der Waals surface area (Å²) in [5.41, 5.74) is 0. The van der Waals surface area contributed by atoms with Crippen molar-refractivity contribution in [1.29, 1.82) is 0 Å². The van der Waals surface area contributed by atoms with E-state index >= 15 is 0 Å². The number of phosphoric ester groups is 2. The Morgan fingerprint density at radius 1 is 0.279 bits per heavy atom. The Kier molecular flexibility index (Phi) is 73.3. The lowest BCUT2D eigenvalue weighted by molar-refractivity contribution is -0.161. The standard InChI is InChI=1S/C85H146O17P2/c1-5-9-13-17-21-25-29-32-35-38-39-42-44-47-51-54-58-62-66-70-82(87)95-75-80(101-84(89)71-67-63-59-55-49-28-24-20-16-12-8-4)77-99-103(91,92)97-73-79(86)74-98-104(93,94)100-78-81(102-85(90)72-68-64-60-56-52-48-45-41-37-34-31-27-23-19-15-11-7-3)76-96-83(88)69-65-61-57-53-50-46-43-40-36-33-30-26-22-18-14-10-6-2/h9-11,13-15,21-23,25-27,32-37,39,42,79-81,86H,5-8,12,16-20,24,28-31,38,40-41,43-78H2,1-4H3,(H,91,92)(H,93,94)/b13-9-,14-10-,15-11-,25-21-,26-22-,27-23-,35-32-,36-33-,37-34-,42-39-. The summed E-state index contributed by atoms with van der Waals surface area (Å²) in [5, 5.41) is 10.6. The molecule has 5 atom stereocenters. The Bertz CT molecular complexity index is 2440. The van der Waals surface area contributed by atoms with E-state index in [9.17, 15) is 43.2 Å². The van der Waals surface area contributed by atoms with Crippen LogP contribution < -0.4 is 0 Å². The fraction of sp³-hybridized carbons (Fsp3) is 0.718. The monoisotopic (exact) mass is 1500 g/mol. The van der Waals surface area contributed by atoms with Crippen LogP contribution in [0.3, 0.4) is 0 Å². The third kappa shape index (κ3) is 75.7. The van der Waals surface area contributed by atoms with E-state index in [-0.39, 0.29) is 25.7 Å². The zero-order valence-electron chi connectivity index (χ0n) is 65.4. The largest absolute Gasteiger partial charge is 0.472 e. The van der Waals surface area contributed by atoms with Crippen LogP contribution in [0.15, 0.2) is 122 Å². The van der Waals surface area contributed by atoms with Crippen LogP contribution in [-0.4, -0.2) is 96.7 Å². The maximum atomic E-state index is 13.1. The van der Waals surface area contributed by atoms with Crippen LogP contribution in [0, 0.1) is 0 Å². The maximum absolute atomic E-state index is 13.1. The zero-order chi connectivity index (χ0) is 76.0. The van der Waals surface area contributed by atoms with Crippen molar-refractivity contribution >= 4 is 39.5 Å². The number of ether oxygens (including phenoxy) is 4. The molecule has 5 unspecified atom stereocenters. The molecular weight excluding hydrogens is 1350 g/mol. The molecular formula is C85H146O17P2. The van der Waals surface area contributed by atoms with Crippen molar-refractivity contribution in [1.82, 2.24) is 0 Å². The van der Waals surface area contributed by atoms with Crippen LogP contribution >= 0.6 is 15.6 Å². The summed E-state index contributed by atoms with van der Waals surface area (Å²) in [6.07, 6.45) is 84.5. The fourth-order valence-corrected chi connectivity index (χ4v) is 12.4. The number of esters is 4. The Hall–Kier alpha value is -4.54. The second kappa shape index (κ2) is 76.6. The highest BCUT2D eigenvalue weighted by Crippen LogP contribution is 2.45. The molecule has 0 aromatic heterocycles. The van der Waals surface area contributed by atoms with E-state index in [1.54, 1.807) is 0 Å². The number of allylic oxidation sites excluding steroid dienone is 20. The highest BCUT2D eigenvalue weighted by atomic mass is 31.2. The smallest absolute Gasteiger partial charge is 0.462 e. The van der Waals surface area contributed by atoms with E-state index in [2.05, 4.69) is 149 Å². The molecule has 0 spiro atoms. The van der Waals surface area contributed by atoms with Crippen LogP contribution in [0.1, 0.15) is 336 Å². The SMILES string of the molecule is CC/C=C\C/C=C\C/C=C\C/C=C\CCCCCCCCC(=O)OCC(COP(=O)(O)OCC(O)COP(=O)(O)OCC(COC(=O)CCCCCCCCC/C=C\C/C=C\C/C=C\CC)OC(=O)CCCCCCCCC/C=C\C/C=C\C/C=C\CC)OC(=O)CCCCCCCCCCCCC. The molecule has 0 aliphatic heterocycles. The van der Waals surface area contributed by atoms with Gasteiger partial charge in [-0.3, -0.25) is 37.3 Å². The topological polar surface area (TPSA) is 237 Å². The Morgan fingerprint density at radius 3 is 0.769 bits per heavy atom. The molecule has 0 fully saturated rings. The van der Waals surface area contributed by atoms with E-state index < -0.39 is 97.5 Å². The minimum Gasteiger partial charge on any atom is -0.462 e. The predicted octanol–water partition coefficient (Wildman–Crippen LogP) is 23.9. The van der Waals surface area contributed by atoms with Crippen molar-refractivity contribution in [3.8, 4) is 0 Å². The summed E-state index contributed by atoms with van der Waals surface area (Å²) in [7, 11) is -9.96. The first-order chi connectivity index (χ1) is 50.7. The van der Waals surface area contributed by atoms with Gasteiger partial charge >= 0.3 is 39.5 Å². The summed E-state index contributed by atoms with van der Waals surface area (Å²) in [5.74, 6) is -2.20. The number of phosphoric acid groups is 2. The number of hydrogen-bond donors (Lipinski definition) is 3. The van der Waals surface area contributed by atoms with Gasteiger partial charge in [0.25, 0.3) is 0 Å². The maximum Gasteiger partial charge on any atom is 0.472 e. The lowest BCUT2D eigenvalue weighted by Crippen LogP contribution is -2.30. The number of hydrogen-bond acceptors (Lipinski definition) is 15. The van der Waals surface area contributed by atoms with Gasteiger partial charge in [0.2, 0.25) is 0 Å². The van der Waals surface area contributed by atoms with Gasteiger partial charge in [0.15, 0.2) is 12.2 Å². The van der Waals surface area contributed by atoms with Crippen molar-refractivity contribution in [3.63, 3.8) is 0 Å². The summed E-state index contributed by atoms with van der Waals surface area (Å²) in [6, 6.07) is 0. The summed E-state index contributed by atoms with van der Waals surface area (Å²) >= 11 is 0. The minimum atomic E-state index is -4.98. The van der Waals surface area contributed by atoms with Gasteiger partial charge in [-0.15, -0.1) is 0 Å². The number of carbonyl (C=O) groups excluding carboxylic acids is 4. The number of aliphatic hydroxyl groups excluding tert-OH is 1. The second-order valence-corrected chi connectivity index (χ2v) is 29.8. The van der Waals surface area contributed by atoms with Gasteiger partial charge in [0.05, 0.1) is 26.4 Å². The van der Waals surface area contributed by atoms with Crippen LogP contribution in [-0.2, 0) is 65.4 Å². The molecule has 0 aromatic carbocycles. The van der Waals surface area contributed by atoms with Crippen molar-refractivity contribution in [2.24, 2.45) is 0 Å². The molecule has 0 aromatic rings.